The molecule has 0 saturated heterocycles. The quantitative estimate of drug-likeness (QED) is 0.306. The summed E-state index contributed by atoms with van der Waals surface area (Å²) in [4.78, 5) is 25.6. The van der Waals surface area contributed by atoms with Gasteiger partial charge in [-0.3, -0.25) is 4.79 Å². The van der Waals surface area contributed by atoms with Gasteiger partial charge in [-0.2, -0.15) is 5.10 Å². The van der Waals surface area contributed by atoms with Gasteiger partial charge in [0.15, 0.2) is 23.1 Å². The number of carbonyl (C=O) groups is 1. The molecule has 1 fully saturated rings. The second-order valence-electron chi connectivity index (χ2n) is 7.79. The van der Waals surface area contributed by atoms with Crippen molar-refractivity contribution in [2.24, 2.45) is 0 Å². The van der Waals surface area contributed by atoms with Gasteiger partial charge in [0.2, 0.25) is 0 Å². The maximum atomic E-state index is 14.2. The minimum Gasteiger partial charge on any atom is -0.465 e. The molecular formula is C23H18ClF2N5O2. The first-order valence-electron chi connectivity index (χ1n) is 10.4. The van der Waals surface area contributed by atoms with Crippen LogP contribution in [-0.4, -0.2) is 37.3 Å². The molecule has 0 spiro atoms. The van der Waals surface area contributed by atoms with Gasteiger partial charge in [0.05, 0.1) is 24.0 Å². The fourth-order valence-electron chi connectivity index (χ4n) is 3.89. The lowest BCUT2D eigenvalue weighted by Crippen LogP contribution is -2.24. The second-order valence-corrected chi connectivity index (χ2v) is 8.15. The van der Waals surface area contributed by atoms with Crippen LogP contribution in [-0.2, 0) is 21.5 Å². The molecule has 1 aliphatic carbocycles. The highest BCUT2D eigenvalue weighted by Crippen LogP contribution is 2.51. The number of halogens is 3. The zero-order chi connectivity index (χ0) is 23.2. The molecule has 10 heteroatoms. The van der Waals surface area contributed by atoms with Crippen molar-refractivity contribution in [3.8, 4) is 11.5 Å². The number of aromatic nitrogens is 5. The predicted molar refractivity (Wildman–Crippen MR) is 117 cm³/mol. The Morgan fingerprint density at radius 2 is 2.03 bits per heavy atom. The summed E-state index contributed by atoms with van der Waals surface area (Å²) >= 11 is 6.47. The number of esters is 1. The van der Waals surface area contributed by atoms with Crippen LogP contribution in [0.3, 0.4) is 0 Å². The Kier molecular flexibility index (Phi) is 5.28. The van der Waals surface area contributed by atoms with Crippen molar-refractivity contribution < 1.29 is 18.3 Å². The van der Waals surface area contributed by atoms with Crippen LogP contribution in [0.1, 0.15) is 30.9 Å². The lowest BCUT2D eigenvalue weighted by molar-refractivity contribution is -0.146. The molecule has 33 heavy (non-hydrogen) atoms. The van der Waals surface area contributed by atoms with Crippen LogP contribution in [0.2, 0.25) is 5.15 Å². The number of hydrogen-bond donors (Lipinski definition) is 0. The Morgan fingerprint density at radius 1 is 1.21 bits per heavy atom. The zero-order valence-electron chi connectivity index (χ0n) is 17.6. The van der Waals surface area contributed by atoms with Gasteiger partial charge in [-0.1, -0.05) is 23.7 Å². The SMILES string of the molecule is CCOC(=O)C1(c2cnc(-c3nn(Cc4cccc(F)c4F)c4ncccc34)nc2Cl)CC1. The van der Waals surface area contributed by atoms with E-state index < -0.39 is 17.0 Å². The molecule has 0 unspecified atom stereocenters. The molecule has 1 aromatic carbocycles. The van der Waals surface area contributed by atoms with Crippen LogP contribution < -0.4 is 0 Å². The van der Waals surface area contributed by atoms with Gasteiger partial charge in [0.25, 0.3) is 0 Å². The first kappa shape index (κ1) is 21.4. The van der Waals surface area contributed by atoms with Crippen molar-refractivity contribution in [3.05, 3.63) is 70.6 Å². The fourth-order valence-corrected chi connectivity index (χ4v) is 4.20. The summed E-state index contributed by atoms with van der Waals surface area (Å²) in [6.07, 6.45) is 4.35. The predicted octanol–water partition coefficient (Wildman–Crippen LogP) is 4.46. The van der Waals surface area contributed by atoms with E-state index in [2.05, 4.69) is 20.1 Å². The van der Waals surface area contributed by atoms with Gasteiger partial charge in [0.1, 0.15) is 10.8 Å². The van der Waals surface area contributed by atoms with Crippen LogP contribution in [0.4, 0.5) is 8.78 Å². The average Bonchev–Trinajstić information content (AvgIpc) is 3.54. The maximum Gasteiger partial charge on any atom is 0.316 e. The molecule has 0 amide bonds. The number of carbonyl (C=O) groups excluding carboxylic acids is 1. The van der Waals surface area contributed by atoms with E-state index in [1.165, 1.54) is 23.0 Å². The van der Waals surface area contributed by atoms with Crippen molar-refractivity contribution in [1.29, 1.82) is 0 Å². The van der Waals surface area contributed by atoms with Gasteiger partial charge in [-0.15, -0.1) is 0 Å². The van der Waals surface area contributed by atoms with E-state index in [1.54, 1.807) is 25.3 Å². The van der Waals surface area contributed by atoms with Gasteiger partial charge >= 0.3 is 5.97 Å². The first-order chi connectivity index (χ1) is 15.9. The number of hydrogen-bond acceptors (Lipinski definition) is 6. The van der Waals surface area contributed by atoms with Crippen molar-refractivity contribution in [1.82, 2.24) is 24.7 Å². The summed E-state index contributed by atoms with van der Waals surface area (Å²) in [7, 11) is 0. The molecule has 0 aliphatic heterocycles. The topological polar surface area (TPSA) is 82.8 Å². The van der Waals surface area contributed by atoms with Crippen LogP contribution in [0.5, 0.6) is 0 Å². The molecule has 3 heterocycles. The Morgan fingerprint density at radius 3 is 2.76 bits per heavy atom. The summed E-state index contributed by atoms with van der Waals surface area (Å²) < 4.78 is 34.6. The molecule has 0 atom stereocenters. The van der Waals surface area contributed by atoms with Crippen molar-refractivity contribution in [2.75, 3.05) is 6.61 Å². The first-order valence-corrected chi connectivity index (χ1v) is 10.8. The van der Waals surface area contributed by atoms with Gasteiger partial charge in [0, 0.05) is 23.5 Å². The largest absolute Gasteiger partial charge is 0.465 e. The minimum atomic E-state index is -0.934. The number of rotatable bonds is 6. The molecule has 0 bridgehead atoms. The van der Waals surface area contributed by atoms with Crippen LogP contribution >= 0.6 is 11.6 Å². The average molecular weight is 470 g/mol. The number of benzene rings is 1. The summed E-state index contributed by atoms with van der Waals surface area (Å²) in [6.45, 7) is 1.99. The number of ether oxygens (including phenoxy) is 1. The van der Waals surface area contributed by atoms with E-state index in [9.17, 15) is 13.6 Å². The normalized spacial score (nSPS) is 14.4. The Hall–Kier alpha value is -3.46. The Bertz CT molecular complexity index is 1390. The van der Waals surface area contributed by atoms with E-state index in [-0.39, 0.29) is 35.7 Å². The fraction of sp³-hybridized carbons (Fsp3) is 0.261. The van der Waals surface area contributed by atoms with Crippen LogP contribution in [0, 0.1) is 11.6 Å². The number of fused-ring (bicyclic) bond motifs is 1. The van der Waals surface area contributed by atoms with Crippen molar-refractivity contribution in [3.63, 3.8) is 0 Å². The third kappa shape index (κ3) is 3.62. The molecule has 3 aromatic heterocycles. The van der Waals surface area contributed by atoms with Gasteiger partial charge in [-0.25, -0.2) is 28.4 Å². The third-order valence-electron chi connectivity index (χ3n) is 5.74. The van der Waals surface area contributed by atoms with E-state index >= 15 is 0 Å². The van der Waals surface area contributed by atoms with Crippen LogP contribution in [0.25, 0.3) is 22.6 Å². The highest BCUT2D eigenvalue weighted by Gasteiger charge is 2.54. The summed E-state index contributed by atoms with van der Waals surface area (Å²) in [5.41, 5.74) is 0.712. The Labute approximate surface area is 192 Å². The minimum absolute atomic E-state index is 0.0328. The molecule has 4 aromatic rings. The zero-order valence-corrected chi connectivity index (χ0v) is 18.3. The molecule has 1 saturated carbocycles. The molecule has 5 rings (SSSR count). The number of nitrogens with zero attached hydrogens (tertiary/aromatic N) is 5. The third-order valence-corrected chi connectivity index (χ3v) is 6.03. The molecular weight excluding hydrogens is 452 g/mol. The van der Waals surface area contributed by atoms with Crippen LogP contribution in [0.15, 0.2) is 42.7 Å². The second kappa shape index (κ2) is 8.15. The summed E-state index contributed by atoms with van der Waals surface area (Å²) in [6, 6.07) is 7.50. The molecule has 168 valence electrons. The van der Waals surface area contributed by atoms with E-state index in [4.69, 9.17) is 16.3 Å². The van der Waals surface area contributed by atoms with Crippen molar-refractivity contribution >= 4 is 28.6 Å². The Balaban J connectivity index is 1.55. The van der Waals surface area contributed by atoms with E-state index in [0.717, 1.165) is 6.07 Å². The summed E-state index contributed by atoms with van der Waals surface area (Å²) in [5.74, 6) is -1.96. The molecule has 0 N–H and O–H groups in total. The monoisotopic (exact) mass is 469 g/mol. The molecule has 1 aliphatic rings. The highest BCUT2D eigenvalue weighted by atomic mass is 35.5. The maximum absolute atomic E-state index is 14.2. The summed E-state index contributed by atoms with van der Waals surface area (Å²) in [5, 5.41) is 5.30. The van der Waals surface area contributed by atoms with Gasteiger partial charge in [-0.05, 0) is 38.0 Å². The number of pyridine rings is 1. The lowest BCUT2D eigenvalue weighted by atomic mass is 9.99. The lowest BCUT2D eigenvalue weighted by Gasteiger charge is -2.15. The van der Waals surface area contributed by atoms with E-state index in [0.29, 0.717) is 35.1 Å². The highest BCUT2D eigenvalue weighted by molar-refractivity contribution is 6.30. The standard InChI is InChI=1S/C23H18ClF2N5O2/c1-2-33-22(32)23(8-9-23)15-11-28-20(29-19(15)24)18-14-6-4-10-27-21(14)31(30-18)12-13-5-3-7-16(25)17(13)26/h3-7,10-11H,2,8-9,12H2,1H3. The van der Waals surface area contributed by atoms with Crippen molar-refractivity contribution in [2.45, 2.75) is 31.7 Å². The van der Waals surface area contributed by atoms with Gasteiger partial charge < -0.3 is 4.74 Å². The molecule has 0 radical (unpaired) electrons. The van der Waals surface area contributed by atoms with E-state index in [1.807, 2.05) is 0 Å². The smallest absolute Gasteiger partial charge is 0.316 e. The molecule has 7 nitrogen and oxygen atoms in total.